The second-order valence-corrected chi connectivity index (χ2v) is 4.52. The number of hydrogen-bond acceptors (Lipinski definition) is 3. The number of benzene rings is 2. The number of carbonyl (C=O) groups is 1. The SMILES string of the molecule is O=C(O)Oc1cc2ccc(OCc3ccccc3)cc2[nH]1. The fraction of sp³-hybridized carbons (Fsp3) is 0.0625. The Labute approximate surface area is 120 Å². The summed E-state index contributed by atoms with van der Waals surface area (Å²) in [5.41, 5.74) is 1.84. The lowest BCUT2D eigenvalue weighted by Crippen LogP contribution is -2.02. The van der Waals surface area contributed by atoms with Crippen molar-refractivity contribution in [3.8, 4) is 11.6 Å². The maximum atomic E-state index is 10.5. The van der Waals surface area contributed by atoms with Crippen LogP contribution in [-0.4, -0.2) is 16.2 Å². The van der Waals surface area contributed by atoms with Gasteiger partial charge in [-0.1, -0.05) is 30.3 Å². The molecular formula is C16H13NO4. The van der Waals surface area contributed by atoms with Crippen LogP contribution < -0.4 is 9.47 Å². The van der Waals surface area contributed by atoms with Crippen LogP contribution in [0.4, 0.5) is 4.79 Å². The zero-order valence-corrected chi connectivity index (χ0v) is 11.1. The quantitative estimate of drug-likeness (QED) is 0.714. The number of ether oxygens (including phenoxy) is 2. The first-order valence-electron chi connectivity index (χ1n) is 6.41. The van der Waals surface area contributed by atoms with Crippen molar-refractivity contribution in [2.45, 2.75) is 6.61 Å². The summed E-state index contributed by atoms with van der Waals surface area (Å²) in [6.45, 7) is 0.478. The molecule has 0 radical (unpaired) electrons. The van der Waals surface area contributed by atoms with Crippen molar-refractivity contribution in [2.75, 3.05) is 0 Å². The molecule has 0 unspecified atom stereocenters. The van der Waals surface area contributed by atoms with E-state index in [1.165, 1.54) is 0 Å². The molecule has 21 heavy (non-hydrogen) atoms. The molecule has 2 aromatic carbocycles. The summed E-state index contributed by atoms with van der Waals surface area (Å²) in [6.07, 6.45) is -1.35. The van der Waals surface area contributed by atoms with Crippen LogP contribution in [-0.2, 0) is 6.61 Å². The predicted octanol–water partition coefficient (Wildman–Crippen LogP) is 3.80. The Bertz CT molecular complexity index is 764. The van der Waals surface area contributed by atoms with E-state index in [1.54, 1.807) is 6.07 Å². The van der Waals surface area contributed by atoms with Crippen molar-refractivity contribution in [1.82, 2.24) is 4.98 Å². The van der Waals surface area contributed by atoms with E-state index in [1.807, 2.05) is 48.5 Å². The Morgan fingerprint density at radius 3 is 2.67 bits per heavy atom. The molecule has 0 aliphatic rings. The fourth-order valence-corrected chi connectivity index (χ4v) is 2.06. The molecule has 0 bridgehead atoms. The van der Waals surface area contributed by atoms with Crippen LogP contribution in [0.3, 0.4) is 0 Å². The normalized spacial score (nSPS) is 10.5. The molecule has 0 atom stereocenters. The molecule has 0 aliphatic heterocycles. The van der Waals surface area contributed by atoms with Crippen LogP contribution in [0, 0.1) is 0 Å². The molecule has 5 heteroatoms. The van der Waals surface area contributed by atoms with Crippen molar-refractivity contribution in [3.63, 3.8) is 0 Å². The average Bonchev–Trinajstić information content (AvgIpc) is 2.86. The van der Waals surface area contributed by atoms with Gasteiger partial charge < -0.3 is 19.6 Å². The van der Waals surface area contributed by atoms with Crippen molar-refractivity contribution in [3.05, 3.63) is 60.2 Å². The van der Waals surface area contributed by atoms with Gasteiger partial charge in [-0.3, -0.25) is 0 Å². The third-order valence-electron chi connectivity index (χ3n) is 3.01. The first-order chi connectivity index (χ1) is 10.2. The minimum Gasteiger partial charge on any atom is -0.489 e. The predicted molar refractivity (Wildman–Crippen MR) is 77.7 cm³/mol. The smallest absolute Gasteiger partial charge is 0.489 e. The number of hydrogen-bond donors (Lipinski definition) is 2. The monoisotopic (exact) mass is 283 g/mol. The second kappa shape index (κ2) is 5.58. The summed E-state index contributed by atoms with van der Waals surface area (Å²) in [6, 6.07) is 17.0. The van der Waals surface area contributed by atoms with Gasteiger partial charge >= 0.3 is 6.16 Å². The maximum absolute atomic E-state index is 10.5. The summed E-state index contributed by atoms with van der Waals surface area (Å²) in [5.74, 6) is 0.896. The molecule has 0 aliphatic carbocycles. The third-order valence-corrected chi connectivity index (χ3v) is 3.01. The number of carboxylic acid groups (broad SMARTS) is 1. The minimum absolute atomic E-state index is 0.192. The summed E-state index contributed by atoms with van der Waals surface area (Å²) >= 11 is 0. The van der Waals surface area contributed by atoms with Crippen molar-refractivity contribution < 1.29 is 19.4 Å². The van der Waals surface area contributed by atoms with Gasteiger partial charge in [0.1, 0.15) is 12.4 Å². The van der Waals surface area contributed by atoms with Gasteiger partial charge in [0, 0.05) is 17.5 Å². The Morgan fingerprint density at radius 2 is 1.90 bits per heavy atom. The number of aromatic amines is 1. The number of nitrogens with one attached hydrogen (secondary N) is 1. The highest BCUT2D eigenvalue weighted by molar-refractivity contribution is 5.83. The van der Waals surface area contributed by atoms with Crippen LogP contribution >= 0.6 is 0 Å². The van der Waals surface area contributed by atoms with E-state index < -0.39 is 6.16 Å². The van der Waals surface area contributed by atoms with E-state index >= 15 is 0 Å². The molecule has 0 fully saturated rings. The summed E-state index contributed by atoms with van der Waals surface area (Å²) < 4.78 is 10.3. The first-order valence-corrected chi connectivity index (χ1v) is 6.41. The molecule has 0 saturated carbocycles. The van der Waals surface area contributed by atoms with Gasteiger partial charge in [0.15, 0.2) is 0 Å². The Balaban J connectivity index is 1.76. The fourth-order valence-electron chi connectivity index (χ4n) is 2.06. The Hall–Kier alpha value is -2.95. The van der Waals surface area contributed by atoms with Gasteiger partial charge in [-0.05, 0) is 17.7 Å². The highest BCUT2D eigenvalue weighted by Gasteiger charge is 2.06. The lowest BCUT2D eigenvalue weighted by Gasteiger charge is -2.06. The van der Waals surface area contributed by atoms with Gasteiger partial charge in [0.05, 0.1) is 5.52 Å². The molecule has 2 N–H and O–H groups in total. The van der Waals surface area contributed by atoms with Crippen molar-refractivity contribution >= 4 is 17.1 Å². The minimum atomic E-state index is -1.35. The van der Waals surface area contributed by atoms with E-state index in [9.17, 15) is 4.79 Å². The number of fused-ring (bicyclic) bond motifs is 1. The Kier molecular flexibility index (Phi) is 3.47. The number of H-pyrrole nitrogens is 1. The van der Waals surface area contributed by atoms with Gasteiger partial charge in [-0.2, -0.15) is 0 Å². The topological polar surface area (TPSA) is 71.6 Å². The summed E-state index contributed by atoms with van der Waals surface area (Å²) in [7, 11) is 0. The van der Waals surface area contributed by atoms with Crippen LogP contribution in [0.2, 0.25) is 0 Å². The van der Waals surface area contributed by atoms with Crippen LogP contribution in [0.15, 0.2) is 54.6 Å². The van der Waals surface area contributed by atoms with Crippen molar-refractivity contribution in [1.29, 1.82) is 0 Å². The Morgan fingerprint density at radius 1 is 1.10 bits per heavy atom. The summed E-state index contributed by atoms with van der Waals surface area (Å²) in [5, 5.41) is 9.45. The van der Waals surface area contributed by atoms with E-state index in [2.05, 4.69) is 9.72 Å². The molecule has 3 rings (SSSR count). The van der Waals surface area contributed by atoms with E-state index in [0.29, 0.717) is 12.4 Å². The van der Waals surface area contributed by atoms with Gasteiger partial charge in [-0.15, -0.1) is 0 Å². The molecule has 5 nitrogen and oxygen atoms in total. The van der Waals surface area contributed by atoms with Gasteiger partial charge in [0.2, 0.25) is 5.88 Å². The average molecular weight is 283 g/mol. The molecule has 0 spiro atoms. The molecule has 106 valence electrons. The van der Waals surface area contributed by atoms with Crippen LogP contribution in [0.1, 0.15) is 5.56 Å². The van der Waals surface area contributed by atoms with Crippen LogP contribution in [0.25, 0.3) is 10.9 Å². The van der Waals surface area contributed by atoms with E-state index in [-0.39, 0.29) is 5.88 Å². The lowest BCUT2D eigenvalue weighted by atomic mass is 10.2. The second-order valence-electron chi connectivity index (χ2n) is 4.52. The number of rotatable bonds is 4. The molecule has 1 heterocycles. The zero-order valence-electron chi connectivity index (χ0n) is 11.1. The zero-order chi connectivity index (χ0) is 14.7. The standard InChI is InChI=1S/C16H13NO4/c18-16(19)21-15-8-12-6-7-13(9-14(12)17-15)20-10-11-4-2-1-3-5-11/h1-9,17H,10H2,(H,18,19). The van der Waals surface area contributed by atoms with E-state index in [0.717, 1.165) is 16.5 Å². The lowest BCUT2D eigenvalue weighted by molar-refractivity contribution is 0.143. The van der Waals surface area contributed by atoms with Crippen molar-refractivity contribution in [2.24, 2.45) is 0 Å². The molecular weight excluding hydrogens is 270 g/mol. The van der Waals surface area contributed by atoms with E-state index in [4.69, 9.17) is 9.84 Å². The first kappa shape index (κ1) is 13.1. The molecule has 0 saturated heterocycles. The van der Waals surface area contributed by atoms with Gasteiger partial charge in [-0.25, -0.2) is 4.79 Å². The highest BCUT2D eigenvalue weighted by Crippen LogP contribution is 2.25. The largest absolute Gasteiger partial charge is 0.512 e. The molecule has 3 aromatic rings. The summed E-state index contributed by atoms with van der Waals surface area (Å²) in [4.78, 5) is 13.4. The van der Waals surface area contributed by atoms with Crippen LogP contribution in [0.5, 0.6) is 11.6 Å². The highest BCUT2D eigenvalue weighted by atomic mass is 16.7. The molecule has 1 aromatic heterocycles. The third kappa shape index (κ3) is 3.14. The number of aromatic nitrogens is 1. The molecule has 0 amide bonds. The van der Waals surface area contributed by atoms with Gasteiger partial charge in [0.25, 0.3) is 0 Å². The maximum Gasteiger partial charge on any atom is 0.512 e.